The van der Waals surface area contributed by atoms with Crippen LogP contribution in [0.25, 0.3) is 0 Å². The van der Waals surface area contributed by atoms with E-state index in [2.05, 4.69) is 10.7 Å². The molecule has 0 spiro atoms. The minimum absolute atomic E-state index is 0.0955. The van der Waals surface area contributed by atoms with Gasteiger partial charge in [-0.1, -0.05) is 6.92 Å². The highest BCUT2D eigenvalue weighted by Crippen LogP contribution is 2.06. The Hall–Kier alpha value is -0.380. The fourth-order valence-electron chi connectivity index (χ4n) is 1.49. The fraction of sp³-hybridized carbons (Fsp3) is 0.889. The Bertz CT molecular complexity index is 487. The van der Waals surface area contributed by atoms with Crippen LogP contribution in [0.2, 0.25) is 0 Å². The molecule has 1 heterocycles. The van der Waals surface area contributed by atoms with E-state index in [1.165, 1.54) is 10.6 Å². The molecule has 0 unspecified atom stereocenters. The Labute approximate surface area is 119 Å². The molecule has 0 saturated carbocycles. The van der Waals surface area contributed by atoms with Gasteiger partial charge in [-0.2, -0.15) is 4.31 Å². The van der Waals surface area contributed by atoms with Gasteiger partial charge in [0.1, 0.15) is 0 Å². The maximum Gasteiger partial charge on any atom is 0.229 e. The summed E-state index contributed by atoms with van der Waals surface area (Å²) in [7, 11) is -1.78. The first-order valence-corrected chi connectivity index (χ1v) is 10.1. The van der Waals surface area contributed by atoms with Crippen LogP contribution in [-0.2, 0) is 23.9 Å². The molecule has 0 aliphatic carbocycles. The standard InChI is InChI=1S/C8H16N2O3S.CH3ClO2S/c1-3-8(11)9-4-6-10(7-5-9)14(2,12)13;1-5(2,3)4/h3-7H2,1-2H3;1H3. The Morgan fingerprint density at radius 1 is 1.05 bits per heavy atom. The zero-order valence-corrected chi connectivity index (χ0v) is 13.6. The molecule has 0 N–H and O–H groups in total. The number of rotatable bonds is 2. The molecule has 10 heteroatoms. The maximum absolute atomic E-state index is 11.3. The van der Waals surface area contributed by atoms with E-state index in [1.54, 1.807) is 4.90 Å². The molecule has 1 rings (SSSR count). The SMILES string of the molecule is CCC(=O)N1CCN(S(C)(=O)=O)CC1.CS(=O)(=O)Cl. The molecule has 0 aromatic carbocycles. The summed E-state index contributed by atoms with van der Waals surface area (Å²) in [5, 5.41) is 0. The van der Waals surface area contributed by atoms with Gasteiger partial charge in [-0.15, -0.1) is 0 Å². The highest BCUT2D eigenvalue weighted by Gasteiger charge is 2.24. The number of hydrogen-bond donors (Lipinski definition) is 0. The number of piperazine rings is 1. The Balaban J connectivity index is 0.000000555. The van der Waals surface area contributed by atoms with Crippen LogP contribution in [0.15, 0.2) is 0 Å². The summed E-state index contributed by atoms with van der Waals surface area (Å²) in [4.78, 5) is 13.0. The predicted octanol–water partition coefficient (Wildman–Crippen LogP) is -0.315. The third-order valence-corrected chi connectivity index (χ3v) is 3.67. The first kappa shape index (κ1) is 18.6. The molecular weight excluding hydrogens is 316 g/mol. The highest BCUT2D eigenvalue weighted by molar-refractivity contribution is 8.13. The monoisotopic (exact) mass is 334 g/mol. The molecule has 0 atom stereocenters. The van der Waals surface area contributed by atoms with E-state index < -0.39 is 19.1 Å². The van der Waals surface area contributed by atoms with Crippen molar-refractivity contribution in [2.75, 3.05) is 38.7 Å². The highest BCUT2D eigenvalue weighted by atomic mass is 35.7. The van der Waals surface area contributed by atoms with E-state index >= 15 is 0 Å². The van der Waals surface area contributed by atoms with Crippen molar-refractivity contribution >= 4 is 35.7 Å². The molecular formula is C9H19ClN2O5S2. The van der Waals surface area contributed by atoms with Crippen molar-refractivity contribution in [1.29, 1.82) is 0 Å². The van der Waals surface area contributed by atoms with Gasteiger partial charge in [0, 0.05) is 43.3 Å². The molecule has 1 saturated heterocycles. The maximum atomic E-state index is 11.3. The Kier molecular flexibility index (Phi) is 7.27. The van der Waals surface area contributed by atoms with Crippen molar-refractivity contribution in [1.82, 2.24) is 9.21 Å². The Morgan fingerprint density at radius 2 is 1.42 bits per heavy atom. The number of carbonyl (C=O) groups is 1. The molecule has 0 bridgehead atoms. The summed E-state index contributed by atoms with van der Waals surface area (Å²) in [6.07, 6.45) is 2.61. The number of nitrogens with zero attached hydrogens (tertiary/aromatic N) is 2. The predicted molar refractivity (Wildman–Crippen MR) is 74.0 cm³/mol. The van der Waals surface area contributed by atoms with Gasteiger partial charge in [0.05, 0.1) is 12.5 Å². The molecule has 1 amide bonds. The lowest BCUT2D eigenvalue weighted by Crippen LogP contribution is -2.50. The number of halogens is 1. The van der Waals surface area contributed by atoms with Crippen molar-refractivity contribution < 1.29 is 21.6 Å². The number of sulfonamides is 1. The minimum Gasteiger partial charge on any atom is -0.340 e. The molecule has 7 nitrogen and oxygen atoms in total. The first-order valence-electron chi connectivity index (χ1n) is 5.57. The van der Waals surface area contributed by atoms with Crippen molar-refractivity contribution in [2.24, 2.45) is 0 Å². The summed E-state index contributed by atoms with van der Waals surface area (Å²) in [5.41, 5.74) is 0. The summed E-state index contributed by atoms with van der Waals surface area (Å²) < 4.78 is 42.5. The lowest BCUT2D eigenvalue weighted by molar-refractivity contribution is -0.132. The van der Waals surface area contributed by atoms with Gasteiger partial charge in [0.2, 0.25) is 25.0 Å². The molecule has 1 aliphatic heterocycles. The van der Waals surface area contributed by atoms with Crippen LogP contribution in [0.4, 0.5) is 0 Å². The lowest BCUT2D eigenvalue weighted by Gasteiger charge is -2.33. The molecule has 1 aliphatic rings. The molecule has 0 radical (unpaired) electrons. The summed E-state index contributed by atoms with van der Waals surface area (Å²) in [6, 6.07) is 0. The van der Waals surface area contributed by atoms with Crippen molar-refractivity contribution in [3.05, 3.63) is 0 Å². The second-order valence-electron chi connectivity index (χ2n) is 4.08. The smallest absolute Gasteiger partial charge is 0.229 e. The van der Waals surface area contributed by atoms with E-state index in [-0.39, 0.29) is 5.91 Å². The van der Waals surface area contributed by atoms with E-state index in [1.807, 2.05) is 6.92 Å². The third-order valence-electron chi connectivity index (χ3n) is 2.36. The minimum atomic E-state index is -3.19. The van der Waals surface area contributed by atoms with Gasteiger partial charge < -0.3 is 4.90 Å². The first-order chi connectivity index (χ1) is 8.45. The van der Waals surface area contributed by atoms with Gasteiger partial charge in [-0.05, 0) is 0 Å². The normalized spacial score (nSPS) is 17.6. The lowest BCUT2D eigenvalue weighted by atomic mass is 10.3. The summed E-state index contributed by atoms with van der Waals surface area (Å²) in [5.74, 6) is 0.0955. The molecule has 114 valence electrons. The topological polar surface area (TPSA) is 91.8 Å². The van der Waals surface area contributed by atoms with Crippen molar-refractivity contribution in [2.45, 2.75) is 13.3 Å². The van der Waals surface area contributed by atoms with Crippen LogP contribution >= 0.6 is 10.7 Å². The van der Waals surface area contributed by atoms with Gasteiger partial charge in [0.15, 0.2) is 0 Å². The van der Waals surface area contributed by atoms with Crippen LogP contribution in [-0.4, -0.2) is 70.6 Å². The van der Waals surface area contributed by atoms with Gasteiger partial charge in [0.25, 0.3) is 0 Å². The Morgan fingerprint density at radius 3 is 1.68 bits per heavy atom. The van der Waals surface area contributed by atoms with Gasteiger partial charge in [-0.25, -0.2) is 16.8 Å². The summed E-state index contributed by atoms with van der Waals surface area (Å²) in [6.45, 7) is 3.68. The zero-order valence-electron chi connectivity index (χ0n) is 11.2. The third kappa shape index (κ3) is 9.20. The molecule has 0 aromatic heterocycles. The molecule has 19 heavy (non-hydrogen) atoms. The summed E-state index contributed by atoms with van der Waals surface area (Å²) >= 11 is 0. The quantitative estimate of drug-likeness (QED) is 0.646. The van der Waals surface area contributed by atoms with Gasteiger partial charge in [-0.3, -0.25) is 4.79 Å². The average Bonchev–Trinajstić information content (AvgIpc) is 2.25. The van der Waals surface area contributed by atoms with E-state index in [0.717, 1.165) is 6.26 Å². The van der Waals surface area contributed by atoms with Crippen LogP contribution in [0, 0.1) is 0 Å². The van der Waals surface area contributed by atoms with E-state index in [9.17, 15) is 21.6 Å². The second kappa shape index (κ2) is 7.41. The number of carbonyl (C=O) groups excluding carboxylic acids is 1. The molecule has 0 aromatic rings. The van der Waals surface area contributed by atoms with Crippen molar-refractivity contribution in [3.63, 3.8) is 0 Å². The number of hydrogen-bond acceptors (Lipinski definition) is 5. The van der Waals surface area contributed by atoms with Gasteiger partial charge >= 0.3 is 0 Å². The van der Waals surface area contributed by atoms with Crippen molar-refractivity contribution in [3.8, 4) is 0 Å². The van der Waals surface area contributed by atoms with Crippen LogP contribution in [0.1, 0.15) is 13.3 Å². The fourth-order valence-corrected chi connectivity index (χ4v) is 2.32. The molecule has 1 fully saturated rings. The largest absolute Gasteiger partial charge is 0.340 e. The van der Waals surface area contributed by atoms with Crippen LogP contribution in [0.3, 0.4) is 0 Å². The second-order valence-corrected chi connectivity index (χ2v) is 9.11. The average molecular weight is 335 g/mol. The van der Waals surface area contributed by atoms with Crippen LogP contribution < -0.4 is 0 Å². The van der Waals surface area contributed by atoms with E-state index in [0.29, 0.717) is 32.6 Å². The van der Waals surface area contributed by atoms with Crippen LogP contribution in [0.5, 0.6) is 0 Å². The van der Waals surface area contributed by atoms with E-state index in [4.69, 9.17) is 0 Å². The number of amides is 1. The zero-order chi connectivity index (χ0) is 15.3.